The first-order valence-electron chi connectivity index (χ1n) is 9.82. The van der Waals surface area contributed by atoms with E-state index in [0.717, 1.165) is 16.4 Å². The summed E-state index contributed by atoms with van der Waals surface area (Å²) in [5.41, 5.74) is 0.0627. The number of rotatable bonds is 4. The van der Waals surface area contributed by atoms with E-state index in [-0.39, 0.29) is 37.4 Å². The standard InChI is InChI=1S/C21H24F2N4O3S/c1-21(2,3)27-13-14(12-24)10-19(27)25-20(28)15-6-8-26(9-7-15)31(29,30)18-11-16(22)4-5-17(18)23/h4-5,10-11,13,15H,6-9H2,1-3H3,(H,25,28). The van der Waals surface area contributed by atoms with Crippen molar-refractivity contribution in [1.82, 2.24) is 8.87 Å². The molecule has 1 N–H and O–H groups in total. The van der Waals surface area contributed by atoms with E-state index in [1.54, 1.807) is 16.8 Å². The zero-order valence-corrected chi connectivity index (χ0v) is 18.3. The van der Waals surface area contributed by atoms with Gasteiger partial charge in [0.2, 0.25) is 15.9 Å². The maximum absolute atomic E-state index is 14.0. The third kappa shape index (κ3) is 4.78. The summed E-state index contributed by atoms with van der Waals surface area (Å²) < 4.78 is 55.7. The number of benzene rings is 1. The van der Waals surface area contributed by atoms with Crippen LogP contribution in [0.15, 0.2) is 35.4 Å². The molecule has 1 aromatic heterocycles. The largest absolute Gasteiger partial charge is 0.328 e. The minimum absolute atomic E-state index is 0.0140. The van der Waals surface area contributed by atoms with Gasteiger partial charge < -0.3 is 9.88 Å². The number of carbonyl (C=O) groups excluding carboxylic acids is 1. The van der Waals surface area contributed by atoms with E-state index < -0.39 is 32.5 Å². The van der Waals surface area contributed by atoms with Gasteiger partial charge in [0.05, 0.1) is 5.56 Å². The fraction of sp³-hybridized carbons (Fsp3) is 0.429. The van der Waals surface area contributed by atoms with Gasteiger partial charge in [-0.1, -0.05) is 0 Å². The number of piperidine rings is 1. The summed E-state index contributed by atoms with van der Waals surface area (Å²) in [6.07, 6.45) is 2.14. The minimum Gasteiger partial charge on any atom is -0.328 e. The zero-order valence-electron chi connectivity index (χ0n) is 17.5. The van der Waals surface area contributed by atoms with Crippen molar-refractivity contribution in [2.24, 2.45) is 5.92 Å². The number of hydrogen-bond acceptors (Lipinski definition) is 4. The second kappa shape index (κ2) is 8.40. The molecule has 2 heterocycles. The number of sulfonamides is 1. The normalized spacial score (nSPS) is 16.1. The Bertz CT molecular complexity index is 1140. The third-order valence-electron chi connectivity index (χ3n) is 5.26. The number of carbonyl (C=O) groups is 1. The van der Waals surface area contributed by atoms with Gasteiger partial charge in [-0.15, -0.1) is 0 Å². The molecule has 2 aromatic rings. The van der Waals surface area contributed by atoms with Crippen LogP contribution in [0.25, 0.3) is 0 Å². The lowest BCUT2D eigenvalue weighted by Gasteiger charge is -2.31. The van der Waals surface area contributed by atoms with E-state index >= 15 is 0 Å². The molecule has 10 heteroatoms. The molecule has 0 saturated carbocycles. The van der Waals surface area contributed by atoms with Crippen molar-refractivity contribution in [2.75, 3.05) is 18.4 Å². The van der Waals surface area contributed by atoms with Crippen LogP contribution >= 0.6 is 0 Å². The van der Waals surface area contributed by atoms with Crippen molar-refractivity contribution in [3.63, 3.8) is 0 Å². The zero-order chi connectivity index (χ0) is 23.0. The highest BCUT2D eigenvalue weighted by atomic mass is 32.2. The first kappa shape index (κ1) is 22.9. The highest BCUT2D eigenvalue weighted by molar-refractivity contribution is 7.89. The molecule has 0 atom stereocenters. The molecule has 0 unspecified atom stereocenters. The first-order chi connectivity index (χ1) is 14.4. The van der Waals surface area contributed by atoms with E-state index in [4.69, 9.17) is 0 Å². The van der Waals surface area contributed by atoms with E-state index in [0.29, 0.717) is 17.4 Å². The average Bonchev–Trinajstić information content (AvgIpc) is 3.13. The molecule has 1 saturated heterocycles. The van der Waals surface area contributed by atoms with Crippen molar-refractivity contribution in [2.45, 2.75) is 44.0 Å². The topological polar surface area (TPSA) is 95.2 Å². The van der Waals surface area contributed by atoms with E-state index in [2.05, 4.69) is 11.4 Å². The number of anilines is 1. The summed E-state index contributed by atoms with van der Waals surface area (Å²) in [5.74, 6) is -2.09. The maximum Gasteiger partial charge on any atom is 0.246 e. The molecule has 7 nitrogen and oxygen atoms in total. The van der Waals surface area contributed by atoms with Crippen molar-refractivity contribution in [3.05, 3.63) is 47.7 Å². The molecule has 0 radical (unpaired) electrons. The lowest BCUT2D eigenvalue weighted by molar-refractivity contribution is -0.121. The van der Waals surface area contributed by atoms with E-state index in [9.17, 15) is 27.3 Å². The Hall–Kier alpha value is -2.77. The van der Waals surface area contributed by atoms with Crippen LogP contribution in [0, 0.1) is 28.9 Å². The number of hydrogen-bond donors (Lipinski definition) is 1. The van der Waals surface area contributed by atoms with Crippen molar-refractivity contribution in [3.8, 4) is 6.07 Å². The lowest BCUT2D eigenvalue weighted by atomic mass is 9.97. The fourth-order valence-electron chi connectivity index (χ4n) is 3.58. The predicted molar refractivity (Wildman–Crippen MR) is 111 cm³/mol. The number of halogens is 2. The van der Waals surface area contributed by atoms with Gasteiger partial charge in [0.25, 0.3) is 0 Å². The fourth-order valence-corrected chi connectivity index (χ4v) is 5.12. The Balaban J connectivity index is 1.70. The number of nitrogens with one attached hydrogen (secondary N) is 1. The molecule has 0 bridgehead atoms. The molecule has 166 valence electrons. The van der Waals surface area contributed by atoms with Crippen LogP contribution in [0.5, 0.6) is 0 Å². The summed E-state index contributed by atoms with van der Waals surface area (Å²) in [5, 5.41) is 12.0. The molecular formula is C21H24F2N4O3S. The van der Waals surface area contributed by atoms with Crippen LogP contribution in [-0.2, 0) is 20.4 Å². The van der Waals surface area contributed by atoms with Gasteiger partial charge in [-0.05, 0) is 57.9 Å². The van der Waals surface area contributed by atoms with Gasteiger partial charge >= 0.3 is 0 Å². The average molecular weight is 451 g/mol. The molecule has 31 heavy (non-hydrogen) atoms. The summed E-state index contributed by atoms with van der Waals surface area (Å²) >= 11 is 0. The van der Waals surface area contributed by atoms with Gasteiger partial charge in [-0.25, -0.2) is 17.2 Å². The van der Waals surface area contributed by atoms with Crippen LogP contribution in [0.1, 0.15) is 39.2 Å². The Kier molecular flexibility index (Phi) is 6.21. The summed E-state index contributed by atoms with van der Waals surface area (Å²) in [4.78, 5) is 12.1. The maximum atomic E-state index is 14.0. The highest BCUT2D eigenvalue weighted by Gasteiger charge is 2.34. The first-order valence-corrected chi connectivity index (χ1v) is 11.3. The smallest absolute Gasteiger partial charge is 0.246 e. The van der Waals surface area contributed by atoms with Crippen LogP contribution in [0.2, 0.25) is 0 Å². The van der Waals surface area contributed by atoms with Gasteiger partial charge in [-0.2, -0.15) is 9.57 Å². The number of nitrogens with zero attached hydrogens (tertiary/aromatic N) is 3. The molecule has 1 amide bonds. The summed E-state index contributed by atoms with van der Waals surface area (Å²) in [6, 6.07) is 5.95. The number of nitriles is 1. The Morgan fingerprint density at radius 2 is 1.84 bits per heavy atom. The van der Waals surface area contributed by atoms with Crippen molar-refractivity contribution >= 4 is 21.7 Å². The SMILES string of the molecule is CC(C)(C)n1cc(C#N)cc1NC(=O)C1CCN(S(=O)(=O)c2cc(F)ccc2F)CC1. The van der Waals surface area contributed by atoms with Crippen LogP contribution in [-0.4, -0.2) is 36.3 Å². The monoisotopic (exact) mass is 450 g/mol. The van der Waals surface area contributed by atoms with E-state index in [1.807, 2.05) is 20.8 Å². The van der Waals surface area contributed by atoms with Gasteiger partial charge in [0.1, 0.15) is 28.4 Å². The Labute approximate surface area is 180 Å². The summed E-state index contributed by atoms with van der Waals surface area (Å²) in [7, 11) is -4.20. The quantitative estimate of drug-likeness (QED) is 0.772. The van der Waals surface area contributed by atoms with Crippen molar-refractivity contribution < 1.29 is 22.0 Å². The molecule has 3 rings (SSSR count). The molecule has 1 aliphatic heterocycles. The molecule has 0 spiro atoms. The second-order valence-corrected chi connectivity index (χ2v) is 10.4. The van der Waals surface area contributed by atoms with Crippen LogP contribution < -0.4 is 5.32 Å². The number of amides is 1. The Morgan fingerprint density at radius 3 is 2.42 bits per heavy atom. The van der Waals surface area contributed by atoms with Gasteiger partial charge in [-0.3, -0.25) is 4.79 Å². The third-order valence-corrected chi connectivity index (χ3v) is 7.17. The van der Waals surface area contributed by atoms with Crippen molar-refractivity contribution in [1.29, 1.82) is 5.26 Å². The van der Waals surface area contributed by atoms with Gasteiger partial charge in [0, 0.05) is 30.7 Å². The molecule has 1 fully saturated rings. The minimum atomic E-state index is -4.20. The Morgan fingerprint density at radius 1 is 1.19 bits per heavy atom. The lowest BCUT2D eigenvalue weighted by Crippen LogP contribution is -2.42. The summed E-state index contributed by atoms with van der Waals surface area (Å²) in [6.45, 7) is 5.86. The molecule has 0 aliphatic carbocycles. The van der Waals surface area contributed by atoms with Gasteiger partial charge in [0.15, 0.2) is 0 Å². The number of aromatic nitrogens is 1. The molecule has 1 aliphatic rings. The van der Waals surface area contributed by atoms with E-state index in [1.165, 1.54) is 0 Å². The predicted octanol–water partition coefficient (Wildman–Crippen LogP) is 3.43. The molecular weight excluding hydrogens is 426 g/mol. The second-order valence-electron chi connectivity index (χ2n) is 8.51. The van der Waals surface area contributed by atoms with Crippen LogP contribution in [0.4, 0.5) is 14.6 Å². The van der Waals surface area contributed by atoms with Crippen LogP contribution in [0.3, 0.4) is 0 Å². The highest BCUT2D eigenvalue weighted by Crippen LogP contribution is 2.28. The molecule has 1 aromatic carbocycles.